The number of rotatable bonds is 3. The molecule has 6 nitrogen and oxygen atoms in total. The van der Waals surface area contributed by atoms with E-state index in [2.05, 4.69) is 0 Å². The molecule has 0 saturated carbocycles. The van der Waals surface area contributed by atoms with Crippen molar-refractivity contribution in [3.8, 4) is 0 Å². The molecule has 1 aliphatic heterocycles. The lowest BCUT2D eigenvalue weighted by Gasteiger charge is -2.30. The molecule has 2 rings (SSSR count). The molecule has 1 atom stereocenters. The normalized spacial score (nSPS) is 20.8. The Morgan fingerprint density at radius 3 is 2.70 bits per heavy atom. The molecule has 1 aromatic rings. The van der Waals surface area contributed by atoms with E-state index in [4.69, 9.17) is 23.1 Å². The van der Waals surface area contributed by atoms with Crippen molar-refractivity contribution in [2.75, 3.05) is 18.8 Å². The molecule has 0 aromatic heterocycles. The first-order valence-electron chi connectivity index (χ1n) is 6.17. The van der Waals surface area contributed by atoms with Crippen molar-refractivity contribution in [2.45, 2.75) is 17.7 Å². The van der Waals surface area contributed by atoms with Crippen LogP contribution in [-0.4, -0.2) is 31.7 Å². The number of primary amides is 1. The van der Waals surface area contributed by atoms with Gasteiger partial charge in [-0.15, -0.1) is 0 Å². The summed E-state index contributed by atoms with van der Waals surface area (Å²) in [5.41, 5.74) is 11.1. The molecule has 1 aromatic carbocycles. The van der Waals surface area contributed by atoms with E-state index in [1.807, 2.05) is 0 Å². The minimum Gasteiger partial charge on any atom is -0.397 e. The van der Waals surface area contributed by atoms with Crippen molar-refractivity contribution < 1.29 is 13.2 Å². The maximum Gasteiger partial charge on any atom is 0.243 e. The van der Waals surface area contributed by atoms with Crippen LogP contribution in [0.4, 0.5) is 5.69 Å². The van der Waals surface area contributed by atoms with Crippen molar-refractivity contribution in [1.82, 2.24) is 4.31 Å². The predicted molar refractivity (Wildman–Crippen MR) is 76.5 cm³/mol. The van der Waals surface area contributed by atoms with Gasteiger partial charge in [0, 0.05) is 13.1 Å². The van der Waals surface area contributed by atoms with Crippen LogP contribution in [0.3, 0.4) is 0 Å². The Kier molecular flexibility index (Phi) is 4.22. The van der Waals surface area contributed by atoms with Gasteiger partial charge in [-0.2, -0.15) is 4.31 Å². The van der Waals surface area contributed by atoms with E-state index in [1.54, 1.807) is 0 Å². The molecule has 1 amide bonds. The molecule has 1 fully saturated rings. The van der Waals surface area contributed by atoms with Gasteiger partial charge < -0.3 is 11.5 Å². The van der Waals surface area contributed by atoms with Gasteiger partial charge in [0.1, 0.15) is 0 Å². The van der Waals surface area contributed by atoms with Crippen molar-refractivity contribution in [3.63, 3.8) is 0 Å². The number of hydrogen-bond donors (Lipinski definition) is 2. The third kappa shape index (κ3) is 2.89. The number of nitrogens with zero attached hydrogens (tertiary/aromatic N) is 1. The van der Waals surface area contributed by atoms with Crippen LogP contribution < -0.4 is 11.5 Å². The highest BCUT2D eigenvalue weighted by atomic mass is 35.5. The van der Waals surface area contributed by atoms with E-state index >= 15 is 0 Å². The number of sulfonamides is 1. The molecule has 0 radical (unpaired) electrons. The number of piperidine rings is 1. The summed E-state index contributed by atoms with van der Waals surface area (Å²) in [5.74, 6) is -0.913. The SMILES string of the molecule is NC(=O)C1CCCN(S(=O)(=O)c2ccc(Cl)c(N)c2)C1. The summed E-state index contributed by atoms with van der Waals surface area (Å²) >= 11 is 5.79. The number of amides is 1. The molecule has 1 heterocycles. The Morgan fingerprint density at radius 2 is 2.10 bits per heavy atom. The molecular formula is C12H16ClN3O3S. The molecule has 1 unspecified atom stereocenters. The largest absolute Gasteiger partial charge is 0.397 e. The summed E-state index contributed by atoms with van der Waals surface area (Å²) in [6, 6.07) is 4.17. The van der Waals surface area contributed by atoms with Crippen LogP contribution in [0.1, 0.15) is 12.8 Å². The summed E-state index contributed by atoms with van der Waals surface area (Å²) < 4.78 is 26.3. The smallest absolute Gasteiger partial charge is 0.243 e. The van der Waals surface area contributed by atoms with E-state index < -0.39 is 21.8 Å². The highest BCUT2D eigenvalue weighted by Crippen LogP contribution is 2.27. The zero-order valence-electron chi connectivity index (χ0n) is 10.8. The first-order chi connectivity index (χ1) is 9.32. The van der Waals surface area contributed by atoms with Crippen LogP contribution in [0.25, 0.3) is 0 Å². The molecule has 8 heteroatoms. The monoisotopic (exact) mass is 317 g/mol. The minimum atomic E-state index is -3.68. The Balaban J connectivity index is 2.29. The number of nitrogen functional groups attached to an aromatic ring is 1. The van der Waals surface area contributed by atoms with Gasteiger partial charge in [0.05, 0.1) is 21.5 Å². The van der Waals surface area contributed by atoms with Gasteiger partial charge >= 0.3 is 0 Å². The molecule has 0 aliphatic carbocycles. The average Bonchev–Trinajstić information content (AvgIpc) is 2.42. The van der Waals surface area contributed by atoms with Crippen LogP contribution in [0.2, 0.25) is 5.02 Å². The average molecular weight is 318 g/mol. The standard InChI is InChI=1S/C12H16ClN3O3S/c13-10-4-3-9(6-11(10)14)20(18,19)16-5-1-2-8(7-16)12(15)17/h3-4,6,8H,1-2,5,7,14H2,(H2,15,17). The summed E-state index contributed by atoms with van der Waals surface area (Å²) in [7, 11) is -3.68. The van der Waals surface area contributed by atoms with E-state index in [-0.39, 0.29) is 17.1 Å². The molecule has 4 N–H and O–H groups in total. The zero-order valence-corrected chi connectivity index (χ0v) is 12.3. The second-order valence-corrected chi connectivity index (χ2v) is 7.13. The van der Waals surface area contributed by atoms with E-state index in [0.717, 1.165) is 0 Å². The maximum atomic E-state index is 12.5. The van der Waals surface area contributed by atoms with E-state index in [0.29, 0.717) is 24.4 Å². The first-order valence-corrected chi connectivity index (χ1v) is 7.98. The van der Waals surface area contributed by atoms with Gasteiger partial charge in [0.25, 0.3) is 0 Å². The summed E-state index contributed by atoms with van der Waals surface area (Å²) in [5, 5.41) is 0.303. The number of hydrogen-bond acceptors (Lipinski definition) is 4. The fourth-order valence-electron chi connectivity index (χ4n) is 2.22. The molecular weight excluding hydrogens is 302 g/mol. The van der Waals surface area contributed by atoms with Crippen molar-refractivity contribution in [1.29, 1.82) is 0 Å². The van der Waals surface area contributed by atoms with Crippen LogP contribution in [0, 0.1) is 5.92 Å². The summed E-state index contributed by atoms with van der Waals surface area (Å²) in [4.78, 5) is 11.3. The van der Waals surface area contributed by atoms with Gasteiger partial charge in [-0.1, -0.05) is 11.6 Å². The van der Waals surface area contributed by atoms with Crippen LogP contribution in [0.5, 0.6) is 0 Å². The third-order valence-electron chi connectivity index (χ3n) is 3.39. The van der Waals surface area contributed by atoms with Gasteiger partial charge in [0.15, 0.2) is 0 Å². The highest BCUT2D eigenvalue weighted by molar-refractivity contribution is 7.89. The third-order valence-corrected chi connectivity index (χ3v) is 5.60. The van der Waals surface area contributed by atoms with Gasteiger partial charge in [0.2, 0.25) is 15.9 Å². The highest BCUT2D eigenvalue weighted by Gasteiger charge is 2.32. The number of nitrogens with two attached hydrogens (primary N) is 2. The molecule has 110 valence electrons. The van der Waals surface area contributed by atoms with Crippen molar-refractivity contribution in [2.24, 2.45) is 11.7 Å². The Labute approximate surface area is 122 Å². The Morgan fingerprint density at radius 1 is 1.40 bits per heavy atom. The molecule has 1 aliphatic rings. The van der Waals surface area contributed by atoms with Crippen molar-refractivity contribution >= 4 is 33.2 Å². The van der Waals surface area contributed by atoms with Gasteiger partial charge in [-0.05, 0) is 31.0 Å². The van der Waals surface area contributed by atoms with Crippen molar-refractivity contribution in [3.05, 3.63) is 23.2 Å². The topological polar surface area (TPSA) is 106 Å². The molecule has 0 spiro atoms. The zero-order chi connectivity index (χ0) is 14.9. The quantitative estimate of drug-likeness (QED) is 0.804. The Hall–Kier alpha value is -1.31. The first kappa shape index (κ1) is 15.1. The lowest BCUT2D eigenvalue weighted by atomic mass is 9.99. The number of halogens is 1. The summed E-state index contributed by atoms with van der Waals surface area (Å²) in [6.45, 7) is 0.481. The maximum absolute atomic E-state index is 12.5. The Bertz CT molecular complexity index is 633. The number of carbonyl (C=O) groups excluding carboxylic acids is 1. The fraction of sp³-hybridized carbons (Fsp3) is 0.417. The van der Waals surface area contributed by atoms with Crippen LogP contribution >= 0.6 is 11.6 Å². The second-order valence-electron chi connectivity index (χ2n) is 4.79. The number of carbonyl (C=O) groups is 1. The number of anilines is 1. The molecule has 1 saturated heterocycles. The number of benzene rings is 1. The van der Waals surface area contributed by atoms with E-state index in [1.165, 1.54) is 22.5 Å². The second kappa shape index (κ2) is 5.59. The van der Waals surface area contributed by atoms with Gasteiger partial charge in [-0.3, -0.25) is 4.79 Å². The molecule has 0 bridgehead atoms. The lowest BCUT2D eigenvalue weighted by Crippen LogP contribution is -2.44. The lowest BCUT2D eigenvalue weighted by molar-refractivity contribution is -0.122. The summed E-state index contributed by atoms with van der Waals surface area (Å²) in [6.07, 6.45) is 1.22. The van der Waals surface area contributed by atoms with E-state index in [9.17, 15) is 13.2 Å². The van der Waals surface area contributed by atoms with Crippen LogP contribution in [-0.2, 0) is 14.8 Å². The van der Waals surface area contributed by atoms with Crippen LogP contribution in [0.15, 0.2) is 23.1 Å². The van der Waals surface area contributed by atoms with Gasteiger partial charge in [-0.25, -0.2) is 8.42 Å². The minimum absolute atomic E-state index is 0.0736. The molecule has 20 heavy (non-hydrogen) atoms. The predicted octanol–water partition coefficient (Wildman–Crippen LogP) is 0.808. The fourth-order valence-corrected chi connectivity index (χ4v) is 3.90.